The highest BCUT2D eigenvalue weighted by molar-refractivity contribution is 5.95. The first-order valence-electron chi connectivity index (χ1n) is 5.51. The molecule has 0 aromatic carbocycles. The zero-order chi connectivity index (χ0) is 11.0. The maximum Gasteiger partial charge on any atom is 0.257 e. The Hall–Kier alpha value is -1.25. The van der Waals surface area contributed by atoms with E-state index in [1.807, 2.05) is 31.7 Å². The molecule has 0 spiro atoms. The first kappa shape index (κ1) is 10.3. The molecule has 1 fully saturated rings. The minimum atomic E-state index is 0.120. The molecule has 0 bridgehead atoms. The van der Waals surface area contributed by atoms with E-state index in [1.54, 1.807) is 0 Å². The fourth-order valence-corrected chi connectivity index (χ4v) is 1.95. The van der Waals surface area contributed by atoms with E-state index in [4.69, 9.17) is 4.42 Å². The summed E-state index contributed by atoms with van der Waals surface area (Å²) in [7, 11) is 0. The number of amides is 1. The fourth-order valence-electron chi connectivity index (χ4n) is 1.95. The molecule has 0 radical (unpaired) electrons. The van der Waals surface area contributed by atoms with E-state index in [0.29, 0.717) is 6.04 Å². The summed E-state index contributed by atoms with van der Waals surface area (Å²) in [5.41, 5.74) is 0.723. The lowest BCUT2D eigenvalue weighted by Gasteiger charge is -2.19. The molecule has 1 saturated carbocycles. The van der Waals surface area contributed by atoms with Crippen molar-refractivity contribution in [3.8, 4) is 0 Å². The van der Waals surface area contributed by atoms with Gasteiger partial charge >= 0.3 is 0 Å². The molecular formula is C12H17NO2. The molecule has 0 atom stereocenters. The quantitative estimate of drug-likeness (QED) is 0.763. The highest BCUT2D eigenvalue weighted by Crippen LogP contribution is 2.29. The van der Waals surface area contributed by atoms with Crippen molar-refractivity contribution >= 4 is 5.91 Å². The standard InChI is InChI=1S/C12H17NO2/c1-4-13(10-5-6-10)12(14)11-7-8(2)15-9(11)3/h7,10H,4-6H2,1-3H3. The predicted molar refractivity (Wildman–Crippen MR) is 57.9 cm³/mol. The maximum absolute atomic E-state index is 12.2. The Bertz CT molecular complexity index is 377. The Morgan fingerprint density at radius 2 is 2.20 bits per heavy atom. The second kappa shape index (κ2) is 3.72. The van der Waals surface area contributed by atoms with Gasteiger partial charge in [0.2, 0.25) is 0 Å². The summed E-state index contributed by atoms with van der Waals surface area (Å²) in [5, 5.41) is 0. The zero-order valence-electron chi connectivity index (χ0n) is 9.54. The van der Waals surface area contributed by atoms with Crippen LogP contribution in [0.2, 0.25) is 0 Å². The number of hydrogen-bond acceptors (Lipinski definition) is 2. The number of hydrogen-bond donors (Lipinski definition) is 0. The van der Waals surface area contributed by atoms with Gasteiger partial charge in [0, 0.05) is 12.6 Å². The van der Waals surface area contributed by atoms with Crippen molar-refractivity contribution in [2.24, 2.45) is 0 Å². The molecule has 0 aliphatic heterocycles. The normalized spacial score (nSPS) is 15.4. The lowest BCUT2D eigenvalue weighted by Crippen LogP contribution is -2.32. The van der Waals surface area contributed by atoms with Gasteiger partial charge in [-0.1, -0.05) is 0 Å². The van der Waals surface area contributed by atoms with Gasteiger partial charge in [0.05, 0.1) is 5.56 Å². The van der Waals surface area contributed by atoms with Crippen molar-refractivity contribution in [1.29, 1.82) is 0 Å². The lowest BCUT2D eigenvalue weighted by molar-refractivity contribution is 0.0751. The lowest BCUT2D eigenvalue weighted by atomic mass is 10.2. The van der Waals surface area contributed by atoms with Gasteiger partial charge in [0.15, 0.2) is 0 Å². The van der Waals surface area contributed by atoms with Crippen LogP contribution in [0.15, 0.2) is 10.5 Å². The van der Waals surface area contributed by atoms with Crippen LogP contribution in [0.5, 0.6) is 0 Å². The van der Waals surface area contributed by atoms with Gasteiger partial charge in [-0.15, -0.1) is 0 Å². The van der Waals surface area contributed by atoms with Crippen LogP contribution < -0.4 is 0 Å². The number of nitrogens with zero attached hydrogens (tertiary/aromatic N) is 1. The fraction of sp³-hybridized carbons (Fsp3) is 0.583. The van der Waals surface area contributed by atoms with E-state index < -0.39 is 0 Å². The maximum atomic E-state index is 12.2. The molecule has 1 aliphatic carbocycles. The minimum Gasteiger partial charge on any atom is -0.466 e. The molecule has 1 aliphatic rings. The third-order valence-electron chi connectivity index (χ3n) is 2.86. The molecular weight excluding hydrogens is 190 g/mol. The van der Waals surface area contributed by atoms with Gasteiger partial charge in [-0.2, -0.15) is 0 Å². The van der Waals surface area contributed by atoms with Crippen molar-refractivity contribution in [3.05, 3.63) is 23.2 Å². The highest BCUT2D eigenvalue weighted by Gasteiger charge is 2.33. The van der Waals surface area contributed by atoms with Crippen LogP contribution in [0.1, 0.15) is 41.6 Å². The smallest absolute Gasteiger partial charge is 0.257 e. The summed E-state index contributed by atoms with van der Waals surface area (Å²) in [6.07, 6.45) is 2.30. The van der Waals surface area contributed by atoms with Gasteiger partial charge < -0.3 is 9.32 Å². The second-order valence-electron chi connectivity index (χ2n) is 4.15. The second-order valence-corrected chi connectivity index (χ2v) is 4.15. The van der Waals surface area contributed by atoms with E-state index >= 15 is 0 Å². The van der Waals surface area contributed by atoms with Crippen molar-refractivity contribution in [1.82, 2.24) is 4.90 Å². The van der Waals surface area contributed by atoms with Crippen LogP contribution in [0.25, 0.3) is 0 Å². The zero-order valence-corrected chi connectivity index (χ0v) is 9.54. The highest BCUT2D eigenvalue weighted by atomic mass is 16.3. The molecule has 1 aromatic heterocycles. The Balaban J connectivity index is 2.22. The average molecular weight is 207 g/mol. The van der Waals surface area contributed by atoms with Crippen LogP contribution in [0.3, 0.4) is 0 Å². The summed E-state index contributed by atoms with van der Waals surface area (Å²) >= 11 is 0. The number of aryl methyl sites for hydroxylation is 2. The monoisotopic (exact) mass is 207 g/mol. The Kier molecular flexibility index (Phi) is 2.55. The number of furan rings is 1. The Labute approximate surface area is 90.1 Å². The van der Waals surface area contributed by atoms with E-state index in [0.717, 1.165) is 36.5 Å². The summed E-state index contributed by atoms with van der Waals surface area (Å²) < 4.78 is 5.38. The van der Waals surface area contributed by atoms with Crippen molar-refractivity contribution < 1.29 is 9.21 Å². The molecule has 3 nitrogen and oxygen atoms in total. The van der Waals surface area contributed by atoms with E-state index in [1.165, 1.54) is 0 Å². The first-order chi connectivity index (χ1) is 7.13. The third-order valence-corrected chi connectivity index (χ3v) is 2.86. The van der Waals surface area contributed by atoms with Crippen LogP contribution in [-0.2, 0) is 0 Å². The molecule has 2 rings (SSSR count). The minimum absolute atomic E-state index is 0.120. The van der Waals surface area contributed by atoms with Crippen molar-refractivity contribution in [2.45, 2.75) is 39.7 Å². The molecule has 1 heterocycles. The summed E-state index contributed by atoms with van der Waals surface area (Å²) in [6.45, 7) is 6.53. The Morgan fingerprint density at radius 1 is 1.53 bits per heavy atom. The SMILES string of the molecule is CCN(C(=O)c1cc(C)oc1C)C1CC1. The number of rotatable bonds is 3. The molecule has 3 heteroatoms. The largest absolute Gasteiger partial charge is 0.466 e. The van der Waals surface area contributed by atoms with Crippen LogP contribution in [0.4, 0.5) is 0 Å². The predicted octanol–water partition coefficient (Wildman–Crippen LogP) is 2.52. The van der Waals surface area contributed by atoms with Crippen molar-refractivity contribution in [3.63, 3.8) is 0 Å². The van der Waals surface area contributed by atoms with Gasteiger partial charge in [-0.25, -0.2) is 0 Å². The molecule has 0 unspecified atom stereocenters. The van der Waals surface area contributed by atoms with Gasteiger partial charge in [0.25, 0.3) is 5.91 Å². The molecule has 0 N–H and O–H groups in total. The third kappa shape index (κ3) is 1.91. The van der Waals surface area contributed by atoms with E-state index in [2.05, 4.69) is 0 Å². The number of carbonyl (C=O) groups excluding carboxylic acids is 1. The van der Waals surface area contributed by atoms with Crippen molar-refractivity contribution in [2.75, 3.05) is 6.54 Å². The summed E-state index contributed by atoms with van der Waals surface area (Å²) in [5.74, 6) is 1.66. The van der Waals surface area contributed by atoms with Crippen LogP contribution in [-0.4, -0.2) is 23.4 Å². The first-order valence-corrected chi connectivity index (χ1v) is 5.51. The van der Waals surface area contributed by atoms with Gasteiger partial charge in [-0.05, 0) is 39.7 Å². The molecule has 15 heavy (non-hydrogen) atoms. The van der Waals surface area contributed by atoms with Crippen LogP contribution >= 0.6 is 0 Å². The van der Waals surface area contributed by atoms with Gasteiger partial charge in [-0.3, -0.25) is 4.79 Å². The van der Waals surface area contributed by atoms with E-state index in [-0.39, 0.29) is 5.91 Å². The Morgan fingerprint density at radius 3 is 2.60 bits per heavy atom. The topological polar surface area (TPSA) is 33.5 Å². The molecule has 82 valence electrons. The molecule has 0 saturated heterocycles. The average Bonchev–Trinajstić information content (AvgIpc) is 2.94. The van der Waals surface area contributed by atoms with Gasteiger partial charge in [0.1, 0.15) is 11.5 Å². The van der Waals surface area contributed by atoms with Crippen LogP contribution in [0, 0.1) is 13.8 Å². The summed E-state index contributed by atoms with van der Waals surface area (Å²) in [4.78, 5) is 14.1. The summed E-state index contributed by atoms with van der Waals surface area (Å²) in [6, 6.07) is 2.31. The molecule has 1 aromatic rings. The molecule has 1 amide bonds. The van der Waals surface area contributed by atoms with E-state index in [9.17, 15) is 4.79 Å². The number of carbonyl (C=O) groups is 1.